The van der Waals surface area contributed by atoms with Crippen LogP contribution < -0.4 is 4.90 Å². The van der Waals surface area contributed by atoms with Gasteiger partial charge in [0.05, 0.1) is 16.8 Å². The van der Waals surface area contributed by atoms with Crippen molar-refractivity contribution in [1.82, 2.24) is 4.90 Å². The lowest BCUT2D eigenvalue weighted by molar-refractivity contribution is -0.117. The number of rotatable bonds is 2. The zero-order valence-electron chi connectivity index (χ0n) is 12.9. The van der Waals surface area contributed by atoms with E-state index in [1.807, 2.05) is 28.9 Å². The maximum Gasteiger partial charge on any atom is 0.257 e. The molecule has 0 bridgehead atoms. The highest BCUT2D eigenvalue weighted by molar-refractivity contribution is 7.16. The van der Waals surface area contributed by atoms with E-state index in [-0.39, 0.29) is 17.2 Å². The van der Waals surface area contributed by atoms with Crippen LogP contribution in [0.15, 0.2) is 35.1 Å². The second kappa shape index (κ2) is 5.23. The monoisotopic (exact) mass is 330 g/mol. The fraction of sp³-hybridized carbons (Fsp3) is 0.412. The number of nitrogens with zero attached hydrogens (tertiary/aromatic N) is 2. The van der Waals surface area contributed by atoms with Gasteiger partial charge < -0.3 is 14.2 Å². The Morgan fingerprint density at radius 1 is 1.30 bits per heavy atom. The third-order valence-corrected chi connectivity index (χ3v) is 5.83. The Kier molecular flexibility index (Phi) is 3.30. The average molecular weight is 330 g/mol. The normalized spacial score (nSPS) is 24.1. The van der Waals surface area contributed by atoms with E-state index in [1.165, 1.54) is 17.4 Å². The summed E-state index contributed by atoms with van der Waals surface area (Å²) in [5.41, 5.74) is 0.478. The van der Waals surface area contributed by atoms with Gasteiger partial charge in [-0.2, -0.15) is 0 Å². The van der Waals surface area contributed by atoms with Gasteiger partial charge in [0, 0.05) is 36.3 Å². The van der Waals surface area contributed by atoms with Crippen LogP contribution in [0.25, 0.3) is 0 Å². The summed E-state index contributed by atoms with van der Waals surface area (Å²) in [5.74, 6) is 0.165. The first-order valence-corrected chi connectivity index (χ1v) is 8.56. The number of carbonyl (C=O) groups is 2. The third kappa shape index (κ3) is 2.47. The number of thiophene rings is 1. The van der Waals surface area contributed by atoms with Crippen molar-refractivity contribution in [3.8, 4) is 0 Å². The van der Waals surface area contributed by atoms with Crippen molar-refractivity contribution in [1.29, 1.82) is 0 Å². The quantitative estimate of drug-likeness (QED) is 0.851. The minimum absolute atomic E-state index is 0.00603. The van der Waals surface area contributed by atoms with Crippen LogP contribution in [0.5, 0.6) is 0 Å². The molecule has 0 aromatic carbocycles. The lowest BCUT2D eigenvalue weighted by atomic mass is 9.86. The summed E-state index contributed by atoms with van der Waals surface area (Å²) in [6, 6.07) is 5.75. The number of carbonyl (C=O) groups excluding carboxylic acids is 2. The predicted molar refractivity (Wildman–Crippen MR) is 87.7 cm³/mol. The van der Waals surface area contributed by atoms with Crippen molar-refractivity contribution < 1.29 is 14.0 Å². The summed E-state index contributed by atoms with van der Waals surface area (Å²) in [6.45, 7) is 4.10. The van der Waals surface area contributed by atoms with Crippen LogP contribution in [0.1, 0.15) is 28.1 Å². The average Bonchev–Trinajstić information content (AvgIpc) is 3.28. The van der Waals surface area contributed by atoms with Crippen LogP contribution in [-0.4, -0.2) is 36.3 Å². The van der Waals surface area contributed by atoms with E-state index in [0.717, 1.165) is 11.4 Å². The number of furan rings is 1. The van der Waals surface area contributed by atoms with Gasteiger partial charge in [0.2, 0.25) is 5.91 Å². The zero-order valence-corrected chi connectivity index (χ0v) is 13.8. The molecule has 2 aliphatic rings. The fourth-order valence-corrected chi connectivity index (χ4v) is 4.49. The van der Waals surface area contributed by atoms with Gasteiger partial charge in [-0.3, -0.25) is 9.59 Å². The van der Waals surface area contributed by atoms with Gasteiger partial charge >= 0.3 is 0 Å². The van der Waals surface area contributed by atoms with E-state index in [9.17, 15) is 9.59 Å². The van der Waals surface area contributed by atoms with E-state index in [4.69, 9.17) is 4.42 Å². The topological polar surface area (TPSA) is 53.8 Å². The minimum Gasteiger partial charge on any atom is -0.472 e. The molecule has 2 fully saturated rings. The molecule has 0 radical (unpaired) electrons. The highest BCUT2D eigenvalue weighted by atomic mass is 32.1. The van der Waals surface area contributed by atoms with Gasteiger partial charge in [-0.1, -0.05) is 0 Å². The molecular weight excluding hydrogens is 312 g/mol. The van der Waals surface area contributed by atoms with Crippen molar-refractivity contribution in [2.75, 3.05) is 24.5 Å². The van der Waals surface area contributed by atoms with Crippen molar-refractivity contribution in [2.45, 2.75) is 19.8 Å². The van der Waals surface area contributed by atoms with Crippen LogP contribution in [0.2, 0.25) is 0 Å². The molecule has 23 heavy (non-hydrogen) atoms. The summed E-state index contributed by atoms with van der Waals surface area (Å²) in [4.78, 5) is 29.9. The molecule has 120 valence electrons. The Balaban J connectivity index is 1.50. The minimum atomic E-state index is -0.103. The van der Waals surface area contributed by atoms with Gasteiger partial charge in [-0.25, -0.2) is 0 Å². The molecule has 0 N–H and O–H groups in total. The molecule has 2 aliphatic heterocycles. The molecule has 2 saturated heterocycles. The Morgan fingerprint density at radius 3 is 2.87 bits per heavy atom. The maximum absolute atomic E-state index is 12.5. The molecule has 6 heteroatoms. The van der Waals surface area contributed by atoms with Crippen molar-refractivity contribution >= 4 is 28.2 Å². The lowest BCUT2D eigenvalue weighted by Gasteiger charge is -2.23. The van der Waals surface area contributed by atoms with Crippen LogP contribution in [0.3, 0.4) is 0 Å². The third-order valence-electron chi connectivity index (χ3n) is 4.81. The second-order valence-electron chi connectivity index (χ2n) is 6.53. The van der Waals surface area contributed by atoms with E-state index in [0.29, 0.717) is 31.6 Å². The van der Waals surface area contributed by atoms with Gasteiger partial charge in [-0.15, -0.1) is 11.3 Å². The standard InChI is InChI=1S/C17H18N2O3S/c1-12-2-3-15(23-12)19-11-17(8-14(19)20)5-6-18(10-17)16(21)13-4-7-22-9-13/h2-4,7,9H,5-6,8,10-11H2,1H3/t17-/m1/s1. The highest BCUT2D eigenvalue weighted by Crippen LogP contribution is 2.43. The molecule has 2 amide bonds. The van der Waals surface area contributed by atoms with E-state index in [1.54, 1.807) is 17.4 Å². The molecule has 2 aromatic rings. The molecular formula is C17H18N2O3S. The first-order valence-electron chi connectivity index (χ1n) is 7.75. The van der Waals surface area contributed by atoms with Crippen LogP contribution >= 0.6 is 11.3 Å². The summed E-state index contributed by atoms with van der Waals surface area (Å²) >= 11 is 1.65. The number of hydrogen-bond acceptors (Lipinski definition) is 4. The lowest BCUT2D eigenvalue weighted by Crippen LogP contribution is -2.33. The van der Waals surface area contributed by atoms with E-state index < -0.39 is 0 Å². The smallest absolute Gasteiger partial charge is 0.257 e. The number of anilines is 1. The number of amides is 2. The first-order chi connectivity index (χ1) is 11.1. The van der Waals surface area contributed by atoms with Crippen LogP contribution in [0, 0.1) is 12.3 Å². The Hall–Kier alpha value is -2.08. The molecule has 1 spiro atoms. The number of likely N-dealkylation sites (tertiary alicyclic amines) is 1. The Morgan fingerprint density at radius 2 is 2.17 bits per heavy atom. The van der Waals surface area contributed by atoms with Crippen LogP contribution in [0.4, 0.5) is 5.00 Å². The molecule has 0 unspecified atom stereocenters. The highest BCUT2D eigenvalue weighted by Gasteiger charge is 2.49. The number of aryl methyl sites for hydroxylation is 1. The molecule has 2 aromatic heterocycles. The Bertz CT molecular complexity index is 752. The molecule has 0 aliphatic carbocycles. The van der Waals surface area contributed by atoms with Gasteiger partial charge in [0.15, 0.2) is 0 Å². The zero-order chi connectivity index (χ0) is 16.0. The first kappa shape index (κ1) is 14.5. The van der Waals surface area contributed by atoms with Crippen molar-refractivity contribution in [3.05, 3.63) is 41.2 Å². The second-order valence-corrected chi connectivity index (χ2v) is 7.80. The van der Waals surface area contributed by atoms with Gasteiger partial charge in [-0.05, 0) is 31.5 Å². The molecule has 5 nitrogen and oxygen atoms in total. The summed E-state index contributed by atoms with van der Waals surface area (Å²) in [7, 11) is 0. The van der Waals surface area contributed by atoms with E-state index >= 15 is 0 Å². The predicted octanol–water partition coefficient (Wildman–Crippen LogP) is 2.92. The van der Waals surface area contributed by atoms with Crippen LogP contribution in [-0.2, 0) is 4.79 Å². The summed E-state index contributed by atoms with van der Waals surface area (Å²) in [6.07, 6.45) is 4.40. The molecule has 1 atom stereocenters. The summed E-state index contributed by atoms with van der Waals surface area (Å²) < 4.78 is 5.00. The Labute approximate surface area is 138 Å². The molecule has 0 saturated carbocycles. The maximum atomic E-state index is 12.5. The molecule has 4 heterocycles. The van der Waals surface area contributed by atoms with Gasteiger partial charge in [0.25, 0.3) is 5.91 Å². The van der Waals surface area contributed by atoms with Crippen molar-refractivity contribution in [2.24, 2.45) is 5.41 Å². The number of hydrogen-bond donors (Lipinski definition) is 0. The summed E-state index contributed by atoms with van der Waals surface area (Å²) in [5, 5.41) is 1.02. The SMILES string of the molecule is Cc1ccc(N2C[C@]3(CCN(C(=O)c4ccoc4)C3)CC2=O)s1. The van der Waals surface area contributed by atoms with E-state index in [2.05, 4.69) is 0 Å². The fourth-order valence-electron chi connectivity index (χ4n) is 3.61. The van der Waals surface area contributed by atoms with Crippen molar-refractivity contribution in [3.63, 3.8) is 0 Å². The van der Waals surface area contributed by atoms with Gasteiger partial charge in [0.1, 0.15) is 6.26 Å². The largest absolute Gasteiger partial charge is 0.472 e. The molecule has 4 rings (SSSR count).